The molecule has 0 radical (unpaired) electrons. The molecular formula is C15H24N4OS. The maximum absolute atomic E-state index is 5.58. The molecule has 116 valence electrons. The van der Waals surface area contributed by atoms with Crippen LogP contribution < -0.4 is 10.6 Å². The summed E-state index contributed by atoms with van der Waals surface area (Å²) < 4.78 is 5.58. The molecule has 0 spiro atoms. The molecule has 0 fully saturated rings. The van der Waals surface area contributed by atoms with Gasteiger partial charge in [0, 0.05) is 13.2 Å². The zero-order chi connectivity index (χ0) is 15.2. The van der Waals surface area contributed by atoms with E-state index in [9.17, 15) is 0 Å². The van der Waals surface area contributed by atoms with Crippen molar-refractivity contribution in [3.63, 3.8) is 0 Å². The van der Waals surface area contributed by atoms with Crippen molar-refractivity contribution in [2.45, 2.75) is 33.7 Å². The number of nitrogens with one attached hydrogen (secondary N) is 2. The Labute approximate surface area is 130 Å². The minimum absolute atomic E-state index is 0.234. The highest BCUT2D eigenvalue weighted by Gasteiger charge is 2.17. The number of fused-ring (bicyclic) bond motifs is 1. The molecule has 2 heterocycles. The Morgan fingerprint density at radius 3 is 2.76 bits per heavy atom. The minimum atomic E-state index is 0.234. The number of rotatable bonds is 8. The van der Waals surface area contributed by atoms with E-state index >= 15 is 0 Å². The third-order valence-corrected chi connectivity index (χ3v) is 4.09. The van der Waals surface area contributed by atoms with E-state index in [1.807, 2.05) is 19.2 Å². The van der Waals surface area contributed by atoms with Crippen molar-refractivity contribution in [2.24, 2.45) is 5.92 Å². The first-order chi connectivity index (χ1) is 10.2. The van der Waals surface area contributed by atoms with Gasteiger partial charge in [0.25, 0.3) is 0 Å². The van der Waals surface area contributed by atoms with Gasteiger partial charge in [0.05, 0.1) is 18.0 Å². The molecule has 0 saturated carbocycles. The Morgan fingerprint density at radius 2 is 2.10 bits per heavy atom. The van der Waals surface area contributed by atoms with Gasteiger partial charge in [-0.25, -0.2) is 4.98 Å². The molecule has 2 aromatic rings. The number of nitrogens with zero attached hydrogens (tertiary/aromatic N) is 2. The molecule has 5 nitrogen and oxygen atoms in total. The predicted molar refractivity (Wildman–Crippen MR) is 90.3 cm³/mol. The van der Waals surface area contributed by atoms with Crippen molar-refractivity contribution in [3.05, 3.63) is 11.4 Å². The van der Waals surface area contributed by atoms with Gasteiger partial charge in [-0.2, -0.15) is 4.98 Å². The lowest BCUT2D eigenvalue weighted by Crippen LogP contribution is -2.31. The zero-order valence-electron chi connectivity index (χ0n) is 13.1. The van der Waals surface area contributed by atoms with E-state index in [-0.39, 0.29) is 6.04 Å². The molecule has 21 heavy (non-hydrogen) atoms. The Bertz CT molecular complexity index is 570. The highest BCUT2D eigenvalue weighted by Crippen LogP contribution is 2.27. The highest BCUT2D eigenvalue weighted by molar-refractivity contribution is 7.16. The van der Waals surface area contributed by atoms with Gasteiger partial charge in [-0.15, -0.1) is 11.3 Å². The normalized spacial score (nSPS) is 12.8. The Morgan fingerprint density at radius 1 is 1.29 bits per heavy atom. The average Bonchev–Trinajstić information content (AvgIpc) is 2.91. The molecule has 2 rings (SSSR count). The van der Waals surface area contributed by atoms with Gasteiger partial charge >= 0.3 is 0 Å². The molecule has 0 aliphatic heterocycles. The minimum Gasteiger partial charge on any atom is -0.380 e. The van der Waals surface area contributed by atoms with Crippen LogP contribution in [0, 0.1) is 5.92 Å². The lowest BCUT2D eigenvalue weighted by molar-refractivity contribution is 0.126. The van der Waals surface area contributed by atoms with Crippen LogP contribution in [0.3, 0.4) is 0 Å². The monoisotopic (exact) mass is 308 g/mol. The number of ether oxygens (including phenoxy) is 1. The average molecular weight is 308 g/mol. The third-order valence-electron chi connectivity index (χ3n) is 3.29. The van der Waals surface area contributed by atoms with Crippen molar-refractivity contribution < 1.29 is 4.74 Å². The third kappa shape index (κ3) is 4.04. The van der Waals surface area contributed by atoms with Crippen LogP contribution in [0.4, 0.5) is 11.8 Å². The summed E-state index contributed by atoms with van der Waals surface area (Å²) in [6.45, 7) is 10.7. The molecule has 0 saturated heterocycles. The molecule has 1 unspecified atom stereocenters. The van der Waals surface area contributed by atoms with Crippen molar-refractivity contribution in [1.29, 1.82) is 0 Å². The van der Waals surface area contributed by atoms with Gasteiger partial charge in [0.1, 0.15) is 10.6 Å². The zero-order valence-corrected chi connectivity index (χ0v) is 14.0. The van der Waals surface area contributed by atoms with Crippen LogP contribution in [0.5, 0.6) is 0 Å². The van der Waals surface area contributed by atoms with E-state index < -0.39 is 0 Å². The number of aromatic nitrogens is 2. The maximum Gasteiger partial charge on any atom is 0.226 e. The fraction of sp³-hybridized carbons (Fsp3) is 0.600. The highest BCUT2D eigenvalue weighted by atomic mass is 32.1. The molecular weight excluding hydrogens is 284 g/mol. The molecule has 1 atom stereocenters. The van der Waals surface area contributed by atoms with Crippen molar-refractivity contribution in [2.75, 3.05) is 30.4 Å². The Hall–Kier alpha value is -1.40. The summed E-state index contributed by atoms with van der Waals surface area (Å²) in [7, 11) is 0. The second kappa shape index (κ2) is 7.56. The van der Waals surface area contributed by atoms with Gasteiger partial charge in [0.2, 0.25) is 5.95 Å². The summed E-state index contributed by atoms with van der Waals surface area (Å²) >= 11 is 1.63. The first-order valence-electron chi connectivity index (χ1n) is 7.49. The van der Waals surface area contributed by atoms with E-state index in [0.29, 0.717) is 18.5 Å². The van der Waals surface area contributed by atoms with Crippen LogP contribution in [0.25, 0.3) is 10.2 Å². The smallest absolute Gasteiger partial charge is 0.226 e. The predicted octanol–water partition coefficient (Wildman–Crippen LogP) is 3.60. The fourth-order valence-electron chi connectivity index (χ4n) is 2.02. The molecule has 2 aromatic heterocycles. The van der Waals surface area contributed by atoms with Crippen molar-refractivity contribution >= 4 is 33.3 Å². The van der Waals surface area contributed by atoms with E-state index in [4.69, 9.17) is 4.74 Å². The Balaban J connectivity index is 2.27. The summed E-state index contributed by atoms with van der Waals surface area (Å²) in [5.41, 5.74) is 0. The number of hydrogen-bond donors (Lipinski definition) is 2. The van der Waals surface area contributed by atoms with Gasteiger partial charge in [-0.05, 0) is 31.2 Å². The van der Waals surface area contributed by atoms with Crippen LogP contribution in [0.15, 0.2) is 11.4 Å². The summed E-state index contributed by atoms with van der Waals surface area (Å²) in [6, 6.07) is 2.30. The molecule has 0 bridgehead atoms. The van der Waals surface area contributed by atoms with E-state index in [0.717, 1.165) is 29.2 Å². The van der Waals surface area contributed by atoms with Gasteiger partial charge < -0.3 is 15.4 Å². The topological polar surface area (TPSA) is 59.1 Å². The molecule has 0 aliphatic rings. The number of anilines is 2. The molecule has 0 aromatic carbocycles. The number of hydrogen-bond acceptors (Lipinski definition) is 6. The fourth-order valence-corrected chi connectivity index (χ4v) is 2.79. The van der Waals surface area contributed by atoms with Gasteiger partial charge in [-0.3, -0.25) is 0 Å². The SMILES string of the molecule is CCNc1nc(NC(COCC)C(C)C)c2ccsc2n1. The molecule has 6 heteroatoms. The largest absolute Gasteiger partial charge is 0.380 e. The number of thiophene rings is 1. The quantitative estimate of drug-likeness (QED) is 0.780. The molecule has 0 aliphatic carbocycles. The maximum atomic E-state index is 5.58. The molecule has 0 amide bonds. The molecule has 2 N–H and O–H groups in total. The van der Waals surface area contributed by atoms with Crippen LogP contribution >= 0.6 is 11.3 Å². The first-order valence-corrected chi connectivity index (χ1v) is 8.37. The second-order valence-corrected chi connectivity index (χ2v) is 6.11. The summed E-state index contributed by atoms with van der Waals surface area (Å²) in [5, 5.41) is 9.84. The van der Waals surface area contributed by atoms with Crippen molar-refractivity contribution in [1.82, 2.24) is 9.97 Å². The standard InChI is InChI=1S/C15H24N4OS/c1-5-16-15-18-13(11-7-8-21-14(11)19-15)17-12(10(3)4)9-20-6-2/h7-8,10,12H,5-6,9H2,1-4H3,(H2,16,17,18,19). The van der Waals surface area contributed by atoms with Crippen LogP contribution in [0.1, 0.15) is 27.7 Å². The first kappa shape index (κ1) is 16.0. The van der Waals surface area contributed by atoms with Crippen LogP contribution in [-0.4, -0.2) is 35.8 Å². The summed E-state index contributed by atoms with van der Waals surface area (Å²) in [6.07, 6.45) is 0. The van der Waals surface area contributed by atoms with E-state index in [1.54, 1.807) is 11.3 Å². The van der Waals surface area contributed by atoms with Gasteiger partial charge in [-0.1, -0.05) is 13.8 Å². The van der Waals surface area contributed by atoms with Crippen LogP contribution in [0.2, 0.25) is 0 Å². The van der Waals surface area contributed by atoms with E-state index in [1.165, 1.54) is 0 Å². The lowest BCUT2D eigenvalue weighted by atomic mass is 10.1. The lowest BCUT2D eigenvalue weighted by Gasteiger charge is -2.23. The van der Waals surface area contributed by atoms with Crippen molar-refractivity contribution in [3.8, 4) is 0 Å². The van der Waals surface area contributed by atoms with Crippen LogP contribution in [-0.2, 0) is 4.74 Å². The summed E-state index contributed by atoms with van der Waals surface area (Å²) in [5.74, 6) is 2.02. The summed E-state index contributed by atoms with van der Waals surface area (Å²) in [4.78, 5) is 10.1. The van der Waals surface area contributed by atoms with E-state index in [2.05, 4.69) is 40.5 Å². The van der Waals surface area contributed by atoms with Gasteiger partial charge in [0.15, 0.2) is 0 Å². The second-order valence-electron chi connectivity index (χ2n) is 5.22. The Kier molecular flexibility index (Phi) is 5.76.